The number of phosphoric ester groups is 2. The van der Waals surface area contributed by atoms with Crippen molar-refractivity contribution in [3.05, 3.63) is 0 Å². The Balaban J connectivity index is 5.26. The van der Waals surface area contributed by atoms with E-state index in [1.54, 1.807) is 0 Å². The zero-order valence-corrected chi connectivity index (χ0v) is 65.3. The number of aliphatic hydroxyl groups is 1. The quantitative estimate of drug-likeness (QED) is 0.0222. The van der Waals surface area contributed by atoms with Gasteiger partial charge in [0.1, 0.15) is 19.3 Å². The number of phosphoric acid groups is 2. The molecule has 3 N–H and O–H groups in total. The van der Waals surface area contributed by atoms with E-state index >= 15 is 0 Å². The van der Waals surface area contributed by atoms with Gasteiger partial charge in [0.05, 0.1) is 26.4 Å². The number of hydrogen-bond acceptors (Lipinski definition) is 15. The number of hydrogen-bond donors (Lipinski definition) is 3. The standard InChI is InChI=1S/C78H152O17P2/c1-8-9-10-11-12-13-14-18-24-32-40-47-54-61-77(82)95-74(66-89-76(81)60-53-46-39-34-27-30-37-44-51-58-71(6)7)68-93-97(86,87)91-64-72(79)63-90-96(84,85)92-67-73(65-88-75(80)59-52-45-38-31-26-21-23-29-36-43-50-57-70(4)5)94-78(83)62-55-48-41-33-25-20-17-15-16-19-22-28-35-42-49-56-69(2)3/h69-74,79H,8-68H2,1-7H3,(H,84,85)(H,86,87)/t72-,73-,74-/m1/s1. The van der Waals surface area contributed by atoms with Crippen LogP contribution in [0.5, 0.6) is 0 Å². The lowest BCUT2D eigenvalue weighted by Gasteiger charge is -2.21. The summed E-state index contributed by atoms with van der Waals surface area (Å²) in [7, 11) is -9.92. The molecule has 0 amide bonds. The SMILES string of the molecule is CCCCCCCCCCCCCCCC(=O)O[C@H](COC(=O)CCCCCCCCCCCC(C)C)COP(=O)(O)OC[C@H](O)COP(=O)(O)OC[C@@H](COC(=O)CCCCCCCCCCCCCC(C)C)OC(=O)CCCCCCCCCCCCCCCCCC(C)C. The van der Waals surface area contributed by atoms with Crippen LogP contribution in [0.3, 0.4) is 0 Å². The molecular formula is C78H152O17P2. The van der Waals surface area contributed by atoms with Gasteiger partial charge >= 0.3 is 39.5 Å². The average molecular weight is 1420 g/mol. The summed E-state index contributed by atoms with van der Waals surface area (Å²) in [5.41, 5.74) is 0. The van der Waals surface area contributed by atoms with Crippen LogP contribution >= 0.6 is 15.6 Å². The minimum Gasteiger partial charge on any atom is -0.462 e. The second-order valence-electron chi connectivity index (χ2n) is 29.5. The second-order valence-corrected chi connectivity index (χ2v) is 32.4. The molecule has 0 aliphatic carbocycles. The van der Waals surface area contributed by atoms with E-state index in [-0.39, 0.29) is 25.7 Å². The number of carbonyl (C=O) groups excluding carboxylic acids is 4. The van der Waals surface area contributed by atoms with Crippen LogP contribution in [-0.4, -0.2) is 96.7 Å². The first-order chi connectivity index (χ1) is 46.7. The van der Waals surface area contributed by atoms with Crippen molar-refractivity contribution in [2.45, 2.75) is 420 Å². The van der Waals surface area contributed by atoms with Crippen molar-refractivity contribution in [2.75, 3.05) is 39.6 Å². The van der Waals surface area contributed by atoms with Crippen molar-refractivity contribution in [1.82, 2.24) is 0 Å². The molecule has 0 spiro atoms. The van der Waals surface area contributed by atoms with Crippen molar-refractivity contribution in [1.29, 1.82) is 0 Å². The lowest BCUT2D eigenvalue weighted by atomic mass is 10.0. The van der Waals surface area contributed by atoms with E-state index in [4.69, 9.17) is 37.0 Å². The first-order valence-electron chi connectivity index (χ1n) is 40.3. The molecule has 0 saturated carbocycles. The third-order valence-corrected chi connectivity index (χ3v) is 20.0. The summed E-state index contributed by atoms with van der Waals surface area (Å²) >= 11 is 0. The van der Waals surface area contributed by atoms with Crippen LogP contribution in [0, 0.1) is 17.8 Å². The maximum absolute atomic E-state index is 13.1. The maximum atomic E-state index is 13.1. The third kappa shape index (κ3) is 72.2. The molecule has 0 aromatic heterocycles. The molecule has 19 heteroatoms. The molecule has 0 bridgehead atoms. The molecular weight excluding hydrogens is 1270 g/mol. The van der Waals surface area contributed by atoms with Gasteiger partial charge in [-0.05, 0) is 43.4 Å². The van der Waals surface area contributed by atoms with Crippen molar-refractivity contribution in [2.24, 2.45) is 17.8 Å². The number of esters is 4. The van der Waals surface area contributed by atoms with Crippen LogP contribution in [0.25, 0.3) is 0 Å². The van der Waals surface area contributed by atoms with E-state index in [0.717, 1.165) is 108 Å². The van der Waals surface area contributed by atoms with Gasteiger partial charge in [-0.15, -0.1) is 0 Å². The largest absolute Gasteiger partial charge is 0.472 e. The second kappa shape index (κ2) is 68.5. The Morgan fingerprint density at radius 1 is 0.278 bits per heavy atom. The number of rotatable bonds is 76. The molecule has 97 heavy (non-hydrogen) atoms. The third-order valence-electron chi connectivity index (χ3n) is 18.1. The summed E-state index contributed by atoms with van der Waals surface area (Å²) in [6, 6.07) is 0. The summed E-state index contributed by atoms with van der Waals surface area (Å²) < 4.78 is 68.6. The summed E-state index contributed by atoms with van der Waals surface area (Å²) in [6.07, 6.45) is 55.4. The number of unbranched alkanes of at least 4 members (excludes halogenated alkanes) is 44. The van der Waals surface area contributed by atoms with Gasteiger partial charge in [-0.25, -0.2) is 9.13 Å². The summed E-state index contributed by atoms with van der Waals surface area (Å²) in [5, 5.41) is 10.6. The minimum absolute atomic E-state index is 0.107. The fraction of sp³-hybridized carbons (Fsp3) is 0.949. The van der Waals surface area contributed by atoms with Crippen LogP contribution in [0.4, 0.5) is 0 Å². The summed E-state index contributed by atoms with van der Waals surface area (Å²) in [6.45, 7) is 11.9. The Morgan fingerprint density at radius 3 is 0.701 bits per heavy atom. The average Bonchev–Trinajstić information content (AvgIpc) is 1.31. The van der Waals surface area contributed by atoms with E-state index in [9.17, 15) is 43.2 Å². The Hall–Kier alpha value is -1.94. The molecule has 576 valence electrons. The molecule has 0 aliphatic heterocycles. The molecule has 0 saturated heterocycles. The lowest BCUT2D eigenvalue weighted by molar-refractivity contribution is -0.161. The zero-order valence-electron chi connectivity index (χ0n) is 63.5. The predicted molar refractivity (Wildman–Crippen MR) is 395 cm³/mol. The topological polar surface area (TPSA) is 237 Å². The monoisotopic (exact) mass is 1420 g/mol. The van der Waals surface area contributed by atoms with Gasteiger partial charge < -0.3 is 33.8 Å². The van der Waals surface area contributed by atoms with E-state index in [1.807, 2.05) is 0 Å². The molecule has 0 aromatic carbocycles. The molecule has 0 aromatic rings. The molecule has 0 fully saturated rings. The van der Waals surface area contributed by atoms with Crippen molar-refractivity contribution < 1.29 is 80.2 Å². The molecule has 17 nitrogen and oxygen atoms in total. The highest BCUT2D eigenvalue weighted by molar-refractivity contribution is 7.47. The van der Waals surface area contributed by atoms with E-state index < -0.39 is 97.5 Å². The summed E-state index contributed by atoms with van der Waals surface area (Å²) in [4.78, 5) is 72.9. The fourth-order valence-electron chi connectivity index (χ4n) is 12.0. The molecule has 2 unspecified atom stereocenters. The van der Waals surface area contributed by atoms with Gasteiger partial charge in [-0.1, -0.05) is 350 Å². The maximum Gasteiger partial charge on any atom is 0.472 e. The number of ether oxygens (including phenoxy) is 4. The van der Waals surface area contributed by atoms with Gasteiger partial charge in [-0.3, -0.25) is 37.3 Å². The first kappa shape index (κ1) is 95.1. The van der Waals surface area contributed by atoms with Crippen LogP contribution < -0.4 is 0 Å². The van der Waals surface area contributed by atoms with E-state index in [2.05, 4.69) is 48.5 Å². The van der Waals surface area contributed by atoms with Crippen LogP contribution in [0.2, 0.25) is 0 Å². The molecule has 0 heterocycles. The van der Waals surface area contributed by atoms with E-state index in [1.165, 1.54) is 212 Å². The molecule has 0 aliphatic rings. The summed E-state index contributed by atoms with van der Waals surface area (Å²) in [5.74, 6) is 0.204. The Morgan fingerprint density at radius 2 is 0.474 bits per heavy atom. The Bertz CT molecular complexity index is 1890. The van der Waals surface area contributed by atoms with Gasteiger partial charge in [0.25, 0.3) is 0 Å². The fourth-order valence-corrected chi connectivity index (χ4v) is 13.5. The van der Waals surface area contributed by atoms with Gasteiger partial charge in [0.2, 0.25) is 0 Å². The minimum atomic E-state index is -4.96. The first-order valence-corrected chi connectivity index (χ1v) is 43.3. The molecule has 5 atom stereocenters. The van der Waals surface area contributed by atoms with Crippen LogP contribution in [0.1, 0.15) is 402 Å². The van der Waals surface area contributed by atoms with Crippen LogP contribution in [-0.2, 0) is 65.4 Å². The van der Waals surface area contributed by atoms with Gasteiger partial charge in [0, 0.05) is 25.7 Å². The number of aliphatic hydroxyl groups excluding tert-OH is 1. The van der Waals surface area contributed by atoms with Crippen molar-refractivity contribution in [3.8, 4) is 0 Å². The molecule has 0 radical (unpaired) electrons. The highest BCUT2D eigenvalue weighted by Crippen LogP contribution is 2.45. The smallest absolute Gasteiger partial charge is 0.462 e. The Labute approximate surface area is 594 Å². The normalized spacial score (nSPS) is 14.0. The van der Waals surface area contributed by atoms with Gasteiger partial charge in [-0.2, -0.15) is 0 Å². The molecule has 0 rings (SSSR count). The highest BCUT2D eigenvalue weighted by atomic mass is 31.2. The van der Waals surface area contributed by atoms with Crippen molar-refractivity contribution >= 4 is 39.5 Å². The van der Waals surface area contributed by atoms with Gasteiger partial charge in [0.15, 0.2) is 12.2 Å². The Kier molecular flexibility index (Phi) is 67.1. The predicted octanol–water partition coefficient (Wildman–Crippen LogP) is 23.0. The van der Waals surface area contributed by atoms with E-state index in [0.29, 0.717) is 25.7 Å². The number of carbonyl (C=O) groups is 4. The lowest BCUT2D eigenvalue weighted by Crippen LogP contribution is -2.30. The highest BCUT2D eigenvalue weighted by Gasteiger charge is 2.30. The zero-order chi connectivity index (χ0) is 71.6. The van der Waals surface area contributed by atoms with Crippen molar-refractivity contribution in [3.63, 3.8) is 0 Å². The van der Waals surface area contributed by atoms with Crippen LogP contribution in [0.15, 0.2) is 0 Å².